The van der Waals surface area contributed by atoms with Crippen LogP contribution in [0.5, 0.6) is 0 Å². The van der Waals surface area contributed by atoms with Gasteiger partial charge in [0.2, 0.25) is 0 Å². The molecule has 1 aliphatic heterocycles. The van der Waals surface area contributed by atoms with Gasteiger partial charge < -0.3 is 4.74 Å². The smallest absolute Gasteiger partial charge is 0.132 e. The minimum atomic E-state index is -0.389. The molecule has 0 saturated carbocycles. The lowest BCUT2D eigenvalue weighted by Crippen LogP contribution is -2.20. The van der Waals surface area contributed by atoms with Crippen molar-refractivity contribution in [2.24, 2.45) is 5.92 Å². The van der Waals surface area contributed by atoms with Gasteiger partial charge in [-0.1, -0.05) is 6.07 Å². The minimum Gasteiger partial charge on any atom is -0.381 e. The van der Waals surface area contributed by atoms with Crippen molar-refractivity contribution in [1.82, 2.24) is 9.78 Å². The molecule has 1 aromatic carbocycles. The number of rotatable bonds is 3. The van der Waals surface area contributed by atoms with E-state index in [4.69, 9.17) is 10.00 Å². The summed E-state index contributed by atoms with van der Waals surface area (Å²) in [6.07, 6.45) is 5.62. The lowest BCUT2D eigenvalue weighted by atomic mass is 10.0. The largest absolute Gasteiger partial charge is 0.381 e. The van der Waals surface area contributed by atoms with Crippen molar-refractivity contribution in [3.63, 3.8) is 0 Å². The Hall–Kier alpha value is -2.19. The predicted octanol–water partition coefficient (Wildman–Crippen LogP) is 2.99. The van der Waals surface area contributed by atoms with E-state index in [0.29, 0.717) is 17.0 Å². The summed E-state index contributed by atoms with van der Waals surface area (Å²) < 4.78 is 21.2. The van der Waals surface area contributed by atoms with E-state index in [2.05, 4.69) is 5.10 Å². The molecule has 0 N–H and O–H groups in total. The Morgan fingerprint density at radius 1 is 1.38 bits per heavy atom. The number of nitriles is 1. The molecule has 0 aliphatic carbocycles. The summed E-state index contributed by atoms with van der Waals surface area (Å²) in [5.74, 6) is 0.178. The standard InChI is InChI=1S/C16H16FN3O/c17-16-7-13(8-18)1-2-15(16)14-9-19-20(11-14)10-12-3-5-21-6-4-12/h1-2,7,9,11-12H,3-6,10H2. The molecule has 5 heteroatoms. The van der Waals surface area contributed by atoms with Gasteiger partial charge in [-0.2, -0.15) is 10.4 Å². The molecule has 4 nitrogen and oxygen atoms in total. The fourth-order valence-electron chi connectivity index (χ4n) is 2.61. The first kappa shape index (κ1) is 13.8. The molecule has 0 atom stereocenters. The summed E-state index contributed by atoms with van der Waals surface area (Å²) in [5.41, 5.74) is 1.54. The van der Waals surface area contributed by atoms with Crippen LogP contribution in [-0.2, 0) is 11.3 Å². The van der Waals surface area contributed by atoms with Crippen LogP contribution in [0.15, 0.2) is 30.6 Å². The van der Waals surface area contributed by atoms with E-state index in [-0.39, 0.29) is 5.82 Å². The second-order valence-electron chi connectivity index (χ2n) is 5.31. The average Bonchev–Trinajstić information content (AvgIpc) is 2.96. The number of ether oxygens (including phenoxy) is 1. The van der Waals surface area contributed by atoms with Crippen molar-refractivity contribution in [1.29, 1.82) is 5.26 Å². The highest BCUT2D eigenvalue weighted by Gasteiger charge is 2.15. The normalized spacial score (nSPS) is 15.8. The third kappa shape index (κ3) is 3.11. The summed E-state index contributed by atoms with van der Waals surface area (Å²) in [6.45, 7) is 2.45. The summed E-state index contributed by atoms with van der Waals surface area (Å²) >= 11 is 0. The topological polar surface area (TPSA) is 50.8 Å². The van der Waals surface area contributed by atoms with Crippen molar-refractivity contribution in [2.45, 2.75) is 19.4 Å². The number of nitrogens with zero attached hydrogens (tertiary/aromatic N) is 3. The minimum absolute atomic E-state index is 0.325. The Bertz CT molecular complexity index is 668. The molecule has 1 fully saturated rings. The van der Waals surface area contributed by atoms with Crippen LogP contribution >= 0.6 is 0 Å². The average molecular weight is 285 g/mol. The summed E-state index contributed by atoms with van der Waals surface area (Å²) in [4.78, 5) is 0. The monoisotopic (exact) mass is 285 g/mol. The molecule has 3 rings (SSSR count). The Kier molecular flexibility index (Phi) is 3.98. The molecule has 2 aromatic rings. The first-order chi connectivity index (χ1) is 10.3. The molecule has 1 aromatic heterocycles. The quantitative estimate of drug-likeness (QED) is 0.871. The Morgan fingerprint density at radius 2 is 2.19 bits per heavy atom. The second-order valence-corrected chi connectivity index (χ2v) is 5.31. The summed E-state index contributed by atoms with van der Waals surface area (Å²) in [5, 5.41) is 13.1. The third-order valence-electron chi connectivity index (χ3n) is 3.83. The van der Waals surface area contributed by atoms with Gasteiger partial charge in [-0.05, 0) is 30.9 Å². The van der Waals surface area contributed by atoms with Gasteiger partial charge in [0.1, 0.15) is 5.82 Å². The van der Waals surface area contributed by atoms with Crippen molar-refractivity contribution in [3.8, 4) is 17.2 Å². The zero-order chi connectivity index (χ0) is 14.7. The van der Waals surface area contributed by atoms with Crippen LogP contribution in [0.4, 0.5) is 4.39 Å². The molecule has 0 bridgehead atoms. The molecule has 0 radical (unpaired) electrons. The number of halogens is 1. The van der Waals surface area contributed by atoms with E-state index in [1.54, 1.807) is 18.3 Å². The Morgan fingerprint density at radius 3 is 2.90 bits per heavy atom. The molecule has 1 saturated heterocycles. The molecular weight excluding hydrogens is 269 g/mol. The van der Waals surface area contributed by atoms with Gasteiger partial charge in [0.15, 0.2) is 0 Å². The van der Waals surface area contributed by atoms with E-state index in [1.807, 2.05) is 16.9 Å². The van der Waals surface area contributed by atoms with E-state index < -0.39 is 0 Å². The van der Waals surface area contributed by atoms with Gasteiger partial charge in [0.25, 0.3) is 0 Å². The van der Waals surface area contributed by atoms with Gasteiger partial charge in [-0.15, -0.1) is 0 Å². The maximum absolute atomic E-state index is 14.0. The second kappa shape index (κ2) is 6.06. The first-order valence-corrected chi connectivity index (χ1v) is 7.06. The summed E-state index contributed by atoms with van der Waals surface area (Å²) in [6, 6.07) is 6.44. The van der Waals surface area contributed by atoms with Crippen LogP contribution in [0.25, 0.3) is 11.1 Å². The zero-order valence-electron chi connectivity index (χ0n) is 11.6. The SMILES string of the molecule is N#Cc1ccc(-c2cnn(CC3CCOCC3)c2)c(F)c1. The fourth-order valence-corrected chi connectivity index (χ4v) is 2.61. The third-order valence-corrected chi connectivity index (χ3v) is 3.83. The molecule has 0 amide bonds. The van der Waals surface area contributed by atoms with E-state index in [9.17, 15) is 4.39 Å². The first-order valence-electron chi connectivity index (χ1n) is 7.06. The van der Waals surface area contributed by atoms with Crippen molar-refractivity contribution < 1.29 is 9.13 Å². The molecule has 21 heavy (non-hydrogen) atoms. The number of hydrogen-bond acceptors (Lipinski definition) is 3. The number of hydrogen-bond donors (Lipinski definition) is 0. The number of benzene rings is 1. The maximum atomic E-state index is 14.0. The van der Waals surface area contributed by atoms with E-state index in [0.717, 1.165) is 38.2 Å². The van der Waals surface area contributed by atoms with Crippen LogP contribution in [0.3, 0.4) is 0 Å². The Labute approximate surface area is 122 Å². The van der Waals surface area contributed by atoms with Crippen molar-refractivity contribution in [2.75, 3.05) is 13.2 Å². The maximum Gasteiger partial charge on any atom is 0.132 e. The lowest BCUT2D eigenvalue weighted by molar-refractivity contribution is 0.0601. The molecule has 0 spiro atoms. The lowest BCUT2D eigenvalue weighted by Gasteiger charge is -2.21. The van der Waals surface area contributed by atoms with Crippen LogP contribution in [0.2, 0.25) is 0 Å². The van der Waals surface area contributed by atoms with Gasteiger partial charge >= 0.3 is 0 Å². The molecule has 108 valence electrons. The zero-order valence-corrected chi connectivity index (χ0v) is 11.6. The Balaban J connectivity index is 1.76. The molecule has 0 unspecified atom stereocenters. The van der Waals surface area contributed by atoms with Crippen LogP contribution in [0, 0.1) is 23.1 Å². The predicted molar refractivity (Wildman–Crippen MR) is 75.9 cm³/mol. The van der Waals surface area contributed by atoms with Gasteiger partial charge in [-0.25, -0.2) is 4.39 Å². The highest BCUT2D eigenvalue weighted by atomic mass is 19.1. The number of aromatic nitrogens is 2. The van der Waals surface area contributed by atoms with Gasteiger partial charge in [0, 0.05) is 37.1 Å². The van der Waals surface area contributed by atoms with Gasteiger partial charge in [0.05, 0.1) is 17.8 Å². The van der Waals surface area contributed by atoms with Gasteiger partial charge in [-0.3, -0.25) is 4.68 Å². The van der Waals surface area contributed by atoms with Crippen molar-refractivity contribution >= 4 is 0 Å². The molecular formula is C16H16FN3O. The summed E-state index contributed by atoms with van der Waals surface area (Å²) in [7, 11) is 0. The highest BCUT2D eigenvalue weighted by Crippen LogP contribution is 2.24. The van der Waals surface area contributed by atoms with E-state index >= 15 is 0 Å². The van der Waals surface area contributed by atoms with Crippen LogP contribution < -0.4 is 0 Å². The molecule has 2 heterocycles. The highest BCUT2D eigenvalue weighted by molar-refractivity contribution is 5.63. The van der Waals surface area contributed by atoms with Crippen molar-refractivity contribution in [3.05, 3.63) is 42.0 Å². The van der Waals surface area contributed by atoms with Crippen LogP contribution in [-0.4, -0.2) is 23.0 Å². The van der Waals surface area contributed by atoms with Crippen LogP contribution in [0.1, 0.15) is 18.4 Å². The fraction of sp³-hybridized carbons (Fsp3) is 0.375. The molecule has 1 aliphatic rings. The van der Waals surface area contributed by atoms with E-state index in [1.165, 1.54) is 6.07 Å².